The van der Waals surface area contributed by atoms with Gasteiger partial charge in [-0.05, 0) is 47.7 Å². The first-order valence-corrected chi connectivity index (χ1v) is 16.3. The molecule has 2 heterocycles. The topological polar surface area (TPSA) is 230 Å². The Morgan fingerprint density at radius 2 is 1.93 bits per heavy atom. The Morgan fingerprint density at radius 3 is 2.65 bits per heavy atom. The highest BCUT2D eigenvalue weighted by Crippen LogP contribution is 2.47. The van der Waals surface area contributed by atoms with Gasteiger partial charge in [0.2, 0.25) is 15.8 Å². The molecule has 1 aromatic heterocycles. The van der Waals surface area contributed by atoms with Gasteiger partial charge in [0.05, 0.1) is 12.0 Å². The minimum atomic E-state index is -4.07. The van der Waals surface area contributed by atoms with E-state index in [0.29, 0.717) is 41.8 Å². The van der Waals surface area contributed by atoms with Gasteiger partial charge in [0, 0.05) is 32.6 Å². The number of benzene rings is 2. The molecule has 0 bridgehead atoms. The summed E-state index contributed by atoms with van der Waals surface area (Å²) in [6.45, 7) is -0.441. The lowest BCUT2D eigenvalue weighted by molar-refractivity contribution is -0.138. The second-order valence-electron chi connectivity index (χ2n) is 10.5. The summed E-state index contributed by atoms with van der Waals surface area (Å²) < 4.78 is 32.8. The zero-order chi connectivity index (χ0) is 33.0. The van der Waals surface area contributed by atoms with E-state index in [1.165, 1.54) is 11.0 Å². The van der Waals surface area contributed by atoms with E-state index in [1.54, 1.807) is 36.4 Å². The van der Waals surface area contributed by atoms with Crippen LogP contribution in [0, 0.1) is 0 Å². The summed E-state index contributed by atoms with van der Waals surface area (Å²) in [5, 5.41) is 16.2. The van der Waals surface area contributed by atoms with Crippen molar-refractivity contribution in [3.63, 3.8) is 0 Å². The minimum Gasteiger partial charge on any atom is -0.474 e. The zero-order valence-electron chi connectivity index (χ0n) is 23.7. The first kappa shape index (κ1) is 33.1. The lowest BCUT2D eigenvalue weighted by atomic mass is 9.76. The van der Waals surface area contributed by atoms with Crippen LogP contribution in [0.2, 0.25) is 10.0 Å². The minimum absolute atomic E-state index is 0.145. The van der Waals surface area contributed by atoms with Crippen molar-refractivity contribution >= 4 is 51.0 Å². The van der Waals surface area contributed by atoms with Gasteiger partial charge >= 0.3 is 11.9 Å². The van der Waals surface area contributed by atoms with E-state index in [-0.39, 0.29) is 16.4 Å². The third-order valence-corrected chi connectivity index (χ3v) is 9.35. The lowest BCUT2D eigenvalue weighted by Crippen LogP contribution is -2.59. The zero-order valence-corrected chi connectivity index (χ0v) is 26.1. The fourth-order valence-corrected chi connectivity index (χ4v) is 7.39. The fraction of sp³-hybridized carbons (Fsp3) is 0.370. The van der Waals surface area contributed by atoms with Gasteiger partial charge in [0.15, 0.2) is 0 Å². The molecule has 46 heavy (non-hydrogen) atoms. The molecule has 1 saturated carbocycles. The number of amides is 2. The number of halogens is 2. The fourth-order valence-electron chi connectivity index (χ4n) is 5.86. The van der Waals surface area contributed by atoms with Gasteiger partial charge in [0.1, 0.15) is 12.5 Å². The predicted octanol–water partition coefficient (Wildman–Crippen LogP) is 4.10. The van der Waals surface area contributed by atoms with E-state index in [4.69, 9.17) is 38.7 Å². The van der Waals surface area contributed by atoms with Crippen molar-refractivity contribution < 1.29 is 37.3 Å². The van der Waals surface area contributed by atoms with Crippen LogP contribution in [0.3, 0.4) is 0 Å². The molecule has 19 heteroatoms. The van der Waals surface area contributed by atoms with Crippen LogP contribution in [-0.2, 0) is 26.3 Å². The molecule has 3 aromatic rings. The first-order chi connectivity index (χ1) is 22.0. The number of fused-ring (bicyclic) bond motifs is 1. The van der Waals surface area contributed by atoms with Crippen LogP contribution in [0.4, 0.5) is 0 Å². The summed E-state index contributed by atoms with van der Waals surface area (Å²) in [4.78, 5) is 52.5. The van der Waals surface area contributed by atoms with Crippen molar-refractivity contribution in [2.45, 2.75) is 56.3 Å². The summed E-state index contributed by atoms with van der Waals surface area (Å²) in [6.07, 6.45) is 2.08. The molecule has 4 atom stereocenters. The van der Waals surface area contributed by atoms with E-state index >= 15 is 0 Å². The molecule has 1 fully saturated rings. The molecule has 0 radical (unpaired) electrons. The quantitative estimate of drug-likeness (QED) is 0.113. The molecule has 242 valence electrons. The number of sulfonamides is 1. The van der Waals surface area contributed by atoms with Gasteiger partial charge in [-0.15, -0.1) is 0 Å². The SMILES string of the molecule is [N-]=[N+]=NCS(=O)(=O)N[C@H]1CCCC[C@@H]1N1C(=O)c2ccccc2[C@@H](C(=O)NOCc2noc(C(=O)O)n2)[C@@H]1c1ccc(Cl)cc1Cl. The predicted molar refractivity (Wildman–Crippen MR) is 161 cm³/mol. The first-order valence-electron chi connectivity index (χ1n) is 13.9. The maximum Gasteiger partial charge on any atom is 0.394 e. The second kappa shape index (κ2) is 14.0. The Balaban J connectivity index is 1.56. The number of carboxylic acid groups (broad SMARTS) is 1. The van der Waals surface area contributed by atoms with Crippen molar-refractivity contribution in [3.05, 3.63) is 91.4 Å². The Kier molecular flexibility index (Phi) is 10.1. The number of carbonyl (C=O) groups is 3. The van der Waals surface area contributed by atoms with E-state index in [1.807, 2.05) is 0 Å². The molecular weight excluding hydrogens is 667 g/mol. The Hall–Kier alpha value is -4.25. The highest BCUT2D eigenvalue weighted by molar-refractivity contribution is 7.89. The van der Waals surface area contributed by atoms with E-state index in [2.05, 4.69) is 34.9 Å². The highest BCUT2D eigenvalue weighted by Gasteiger charge is 2.49. The van der Waals surface area contributed by atoms with Crippen LogP contribution in [0.25, 0.3) is 10.4 Å². The van der Waals surface area contributed by atoms with Crippen molar-refractivity contribution in [2.24, 2.45) is 5.11 Å². The number of hydrogen-bond donors (Lipinski definition) is 3. The summed E-state index contributed by atoms with van der Waals surface area (Å²) in [6, 6.07) is 8.57. The average molecular weight is 694 g/mol. The molecule has 1 aliphatic heterocycles. The van der Waals surface area contributed by atoms with E-state index < -0.39 is 70.2 Å². The summed E-state index contributed by atoms with van der Waals surface area (Å²) in [5.41, 5.74) is 12.0. The summed E-state index contributed by atoms with van der Waals surface area (Å²) in [5.74, 6) is -5.34. The smallest absolute Gasteiger partial charge is 0.394 e. The molecule has 0 saturated heterocycles. The van der Waals surface area contributed by atoms with Crippen molar-refractivity contribution in [1.82, 2.24) is 25.2 Å². The second-order valence-corrected chi connectivity index (χ2v) is 13.1. The van der Waals surface area contributed by atoms with Crippen LogP contribution in [0.15, 0.2) is 52.1 Å². The van der Waals surface area contributed by atoms with E-state index in [0.717, 1.165) is 0 Å². The molecule has 1 aliphatic carbocycles. The van der Waals surface area contributed by atoms with Crippen molar-refractivity contribution in [3.8, 4) is 0 Å². The maximum atomic E-state index is 14.4. The van der Waals surface area contributed by atoms with Crippen LogP contribution in [0.1, 0.15) is 75.6 Å². The average Bonchev–Trinajstić information content (AvgIpc) is 3.50. The maximum absolute atomic E-state index is 14.4. The van der Waals surface area contributed by atoms with Gasteiger partial charge in [-0.2, -0.15) is 4.98 Å². The largest absolute Gasteiger partial charge is 0.474 e. The van der Waals surface area contributed by atoms with Crippen LogP contribution < -0.4 is 10.2 Å². The Morgan fingerprint density at radius 1 is 1.17 bits per heavy atom. The molecule has 2 aliphatic rings. The van der Waals surface area contributed by atoms with Crippen molar-refractivity contribution in [1.29, 1.82) is 0 Å². The van der Waals surface area contributed by atoms with Crippen LogP contribution in [-0.4, -0.2) is 64.3 Å². The normalized spacial score (nSPS) is 21.3. The van der Waals surface area contributed by atoms with Gasteiger partial charge in [-0.1, -0.05) is 70.6 Å². The number of nitrogens with zero attached hydrogens (tertiary/aromatic N) is 6. The van der Waals surface area contributed by atoms with Gasteiger partial charge in [0.25, 0.3) is 11.8 Å². The van der Waals surface area contributed by atoms with Gasteiger partial charge < -0.3 is 14.5 Å². The Labute approximate surface area is 271 Å². The number of carboxylic acids is 1. The number of nitrogens with one attached hydrogen (secondary N) is 2. The number of hydrogen-bond acceptors (Lipinski definition) is 10. The number of azide groups is 1. The molecule has 2 aromatic carbocycles. The summed E-state index contributed by atoms with van der Waals surface area (Å²) in [7, 11) is -4.07. The van der Waals surface area contributed by atoms with Crippen LogP contribution >= 0.6 is 23.2 Å². The number of aromatic nitrogens is 2. The van der Waals surface area contributed by atoms with Crippen molar-refractivity contribution in [2.75, 3.05) is 5.88 Å². The van der Waals surface area contributed by atoms with Gasteiger partial charge in [-0.3, -0.25) is 14.4 Å². The van der Waals surface area contributed by atoms with E-state index in [9.17, 15) is 22.8 Å². The molecular formula is C27H26Cl2N8O8S. The monoisotopic (exact) mass is 692 g/mol. The number of rotatable bonds is 11. The standard InChI is InChI=1S/C27H26Cl2N8O8S/c28-14-9-10-17(18(29)11-14)23-22(24(38)34-44-12-21-32-25(27(40)41)45-33-21)15-5-1-2-6-16(15)26(39)37(23)20-8-4-3-7-19(20)35-46(42,43)13-31-36-30/h1-2,5-6,9-11,19-20,22-23,35H,3-4,7-8,12-13H2,(H,34,38)(H,40,41)/t19-,20-,22+,23-/m0/s1. The molecule has 3 N–H and O–H groups in total. The van der Waals surface area contributed by atoms with Gasteiger partial charge in [-0.25, -0.2) is 23.4 Å². The third-order valence-electron chi connectivity index (χ3n) is 7.67. The molecule has 16 nitrogen and oxygen atoms in total. The third kappa shape index (κ3) is 7.09. The number of aromatic carboxylic acids is 1. The lowest BCUT2D eigenvalue weighted by Gasteiger charge is -2.49. The molecule has 0 unspecified atom stereocenters. The Bertz CT molecular complexity index is 1820. The number of carbonyl (C=O) groups excluding carboxylic acids is 2. The summed E-state index contributed by atoms with van der Waals surface area (Å²) >= 11 is 12.9. The molecule has 5 rings (SSSR count). The molecule has 2 amide bonds. The number of hydroxylamine groups is 1. The van der Waals surface area contributed by atoms with Crippen LogP contribution in [0.5, 0.6) is 0 Å². The molecule has 0 spiro atoms. The highest BCUT2D eigenvalue weighted by atomic mass is 35.5.